The fraction of sp³-hybridized carbons (Fsp3) is 0.611. The zero-order valence-corrected chi connectivity index (χ0v) is 17.3. The van der Waals surface area contributed by atoms with Gasteiger partial charge in [-0.3, -0.25) is 4.79 Å². The number of hydrogen-bond donors (Lipinski definition) is 0. The summed E-state index contributed by atoms with van der Waals surface area (Å²) in [5.74, 6) is 0.298. The van der Waals surface area contributed by atoms with E-state index >= 15 is 0 Å². The topological polar surface area (TPSA) is 29.5 Å². The standard InChI is InChI=1S/C18H24BrF3NO2P/c1-2-25-26-12-9-16(19)17(24)23-10-7-14(8-11-23)13-3-5-15(6-4-13)18(20,21)22/h3-6,14,16,26H,2,7-12H2,1H3/t16-/m0/s1. The lowest BCUT2D eigenvalue weighted by Gasteiger charge is -2.33. The van der Waals surface area contributed by atoms with Crippen molar-refractivity contribution < 1.29 is 22.5 Å². The molecular weight excluding hydrogens is 430 g/mol. The van der Waals surface area contributed by atoms with Crippen LogP contribution in [0.4, 0.5) is 13.2 Å². The van der Waals surface area contributed by atoms with Gasteiger partial charge in [-0.15, -0.1) is 0 Å². The first-order valence-electron chi connectivity index (χ1n) is 8.77. The predicted molar refractivity (Wildman–Crippen MR) is 102 cm³/mol. The summed E-state index contributed by atoms with van der Waals surface area (Å²) in [7, 11) is 0.418. The zero-order chi connectivity index (χ0) is 19.2. The Morgan fingerprint density at radius 2 is 1.92 bits per heavy atom. The summed E-state index contributed by atoms with van der Waals surface area (Å²) in [4.78, 5) is 14.1. The van der Waals surface area contributed by atoms with Crippen molar-refractivity contribution in [3.8, 4) is 0 Å². The highest BCUT2D eigenvalue weighted by Gasteiger charge is 2.31. The maximum atomic E-state index is 12.7. The average Bonchev–Trinajstić information content (AvgIpc) is 2.64. The molecule has 0 N–H and O–H groups in total. The van der Waals surface area contributed by atoms with Crippen LogP contribution in [0.2, 0.25) is 0 Å². The second-order valence-corrected chi connectivity index (χ2v) is 8.49. The van der Waals surface area contributed by atoms with Crippen LogP contribution in [0.5, 0.6) is 0 Å². The minimum atomic E-state index is -4.30. The molecule has 3 nitrogen and oxygen atoms in total. The smallest absolute Gasteiger partial charge is 0.363 e. The van der Waals surface area contributed by atoms with Gasteiger partial charge in [-0.25, -0.2) is 0 Å². The van der Waals surface area contributed by atoms with E-state index in [2.05, 4.69) is 15.9 Å². The van der Waals surface area contributed by atoms with E-state index in [1.165, 1.54) is 0 Å². The Labute approximate surface area is 162 Å². The molecular formula is C18H24BrF3NO2P. The van der Waals surface area contributed by atoms with E-state index in [-0.39, 0.29) is 16.7 Å². The van der Waals surface area contributed by atoms with Gasteiger partial charge in [0.25, 0.3) is 0 Å². The van der Waals surface area contributed by atoms with Gasteiger partial charge in [-0.05, 0) is 56.0 Å². The number of halogens is 4. The van der Waals surface area contributed by atoms with Crippen molar-refractivity contribution in [1.29, 1.82) is 0 Å². The molecule has 8 heteroatoms. The molecule has 146 valence electrons. The number of hydrogen-bond acceptors (Lipinski definition) is 2. The molecule has 1 aromatic rings. The number of likely N-dealkylation sites (tertiary alicyclic amines) is 1. The van der Waals surface area contributed by atoms with Gasteiger partial charge in [0.05, 0.1) is 10.4 Å². The molecule has 1 fully saturated rings. The van der Waals surface area contributed by atoms with E-state index in [4.69, 9.17) is 4.52 Å². The third kappa shape index (κ3) is 6.21. The molecule has 1 amide bonds. The Morgan fingerprint density at radius 1 is 1.31 bits per heavy atom. The maximum Gasteiger partial charge on any atom is 0.416 e. The second kappa shape index (κ2) is 10.0. The van der Waals surface area contributed by atoms with Crippen molar-refractivity contribution >= 4 is 30.6 Å². The highest BCUT2D eigenvalue weighted by molar-refractivity contribution is 9.10. The highest BCUT2D eigenvalue weighted by Crippen LogP contribution is 2.33. The van der Waals surface area contributed by atoms with E-state index in [0.717, 1.165) is 43.1 Å². The van der Waals surface area contributed by atoms with Gasteiger partial charge in [0, 0.05) is 28.5 Å². The molecule has 0 bridgehead atoms. The molecule has 1 aromatic carbocycles. The number of amides is 1. The van der Waals surface area contributed by atoms with Crippen molar-refractivity contribution in [3.05, 3.63) is 35.4 Å². The van der Waals surface area contributed by atoms with Crippen LogP contribution in [0.25, 0.3) is 0 Å². The average molecular weight is 454 g/mol. The molecule has 1 unspecified atom stereocenters. The monoisotopic (exact) mass is 453 g/mol. The Bertz CT molecular complexity index is 575. The van der Waals surface area contributed by atoms with Gasteiger partial charge in [-0.2, -0.15) is 13.2 Å². The van der Waals surface area contributed by atoms with Gasteiger partial charge >= 0.3 is 6.18 Å². The second-order valence-electron chi connectivity index (χ2n) is 6.30. The van der Waals surface area contributed by atoms with Crippen LogP contribution in [-0.4, -0.2) is 41.5 Å². The van der Waals surface area contributed by atoms with Crippen LogP contribution >= 0.6 is 24.7 Å². The first-order valence-corrected chi connectivity index (χ1v) is 10.8. The van der Waals surface area contributed by atoms with Crippen LogP contribution in [-0.2, 0) is 15.5 Å². The summed E-state index contributed by atoms with van der Waals surface area (Å²) in [6.07, 6.45) is -1.15. The number of benzene rings is 1. The number of carbonyl (C=O) groups is 1. The number of alkyl halides is 4. The van der Waals surface area contributed by atoms with Gasteiger partial charge in [-0.1, -0.05) is 28.1 Å². The van der Waals surface area contributed by atoms with Crippen molar-refractivity contribution in [2.24, 2.45) is 0 Å². The van der Waals surface area contributed by atoms with Crippen molar-refractivity contribution in [1.82, 2.24) is 4.90 Å². The fourth-order valence-corrected chi connectivity index (χ4v) is 4.76. The van der Waals surface area contributed by atoms with E-state index < -0.39 is 11.7 Å². The summed E-state index contributed by atoms with van der Waals surface area (Å²) in [6.45, 7) is 3.92. The lowest BCUT2D eigenvalue weighted by atomic mass is 9.89. The summed E-state index contributed by atoms with van der Waals surface area (Å²) >= 11 is 3.47. The summed E-state index contributed by atoms with van der Waals surface area (Å²) in [5.41, 5.74) is 0.294. The number of rotatable bonds is 7. The Morgan fingerprint density at radius 3 is 2.46 bits per heavy atom. The quantitative estimate of drug-likeness (QED) is 0.322. The van der Waals surface area contributed by atoms with Crippen LogP contribution in [0, 0.1) is 0 Å². The van der Waals surface area contributed by atoms with E-state index in [1.807, 2.05) is 11.8 Å². The molecule has 0 spiro atoms. The molecule has 0 radical (unpaired) electrons. The number of piperidine rings is 1. The normalized spacial score (nSPS) is 17.8. The summed E-state index contributed by atoms with van der Waals surface area (Å²) in [6, 6.07) is 5.40. The van der Waals surface area contributed by atoms with Gasteiger partial charge in [0.15, 0.2) is 0 Å². The van der Waals surface area contributed by atoms with Crippen LogP contribution in [0.3, 0.4) is 0 Å². The molecule has 1 heterocycles. The zero-order valence-electron chi connectivity index (χ0n) is 14.7. The SMILES string of the molecule is CCOPCC[C@H](Br)C(=O)N1CCC(c2ccc(C(F)(F)F)cc2)CC1. The van der Waals surface area contributed by atoms with E-state index in [1.54, 1.807) is 12.1 Å². The van der Waals surface area contributed by atoms with Crippen LogP contribution in [0.1, 0.15) is 43.2 Å². The largest absolute Gasteiger partial charge is 0.416 e. The van der Waals surface area contributed by atoms with Gasteiger partial charge in [0.1, 0.15) is 0 Å². The third-order valence-corrected chi connectivity index (χ3v) is 6.37. The Hall–Kier alpha value is -0.650. The lowest BCUT2D eigenvalue weighted by Crippen LogP contribution is -2.41. The first kappa shape index (κ1) is 21.6. The first-order chi connectivity index (χ1) is 12.3. The highest BCUT2D eigenvalue weighted by atomic mass is 79.9. The van der Waals surface area contributed by atoms with Crippen molar-refractivity contribution in [3.63, 3.8) is 0 Å². The minimum absolute atomic E-state index is 0.0946. The molecule has 0 aliphatic carbocycles. The summed E-state index contributed by atoms with van der Waals surface area (Å²) < 4.78 is 43.3. The van der Waals surface area contributed by atoms with E-state index in [0.29, 0.717) is 28.5 Å². The fourth-order valence-electron chi connectivity index (χ4n) is 3.06. The molecule has 0 aromatic heterocycles. The molecule has 1 aliphatic rings. The van der Waals surface area contributed by atoms with E-state index in [9.17, 15) is 18.0 Å². The van der Waals surface area contributed by atoms with Crippen molar-refractivity contribution in [2.75, 3.05) is 25.9 Å². The molecule has 2 rings (SSSR count). The van der Waals surface area contributed by atoms with Crippen molar-refractivity contribution in [2.45, 2.75) is 43.1 Å². The minimum Gasteiger partial charge on any atom is -0.363 e. The molecule has 2 atom stereocenters. The predicted octanol–water partition coefficient (Wildman–Crippen LogP) is 5.20. The lowest BCUT2D eigenvalue weighted by molar-refractivity contribution is -0.137. The maximum absolute atomic E-state index is 12.7. The van der Waals surface area contributed by atoms with Gasteiger partial charge in [0.2, 0.25) is 5.91 Å². The molecule has 1 aliphatic heterocycles. The molecule has 0 saturated carbocycles. The van der Waals surface area contributed by atoms with Gasteiger partial charge < -0.3 is 9.42 Å². The summed E-state index contributed by atoms with van der Waals surface area (Å²) in [5, 5.41) is 0. The Kier molecular flexibility index (Phi) is 8.37. The van der Waals surface area contributed by atoms with Crippen LogP contribution < -0.4 is 0 Å². The Balaban J connectivity index is 1.82. The third-order valence-electron chi connectivity index (χ3n) is 4.53. The number of nitrogens with zero attached hydrogens (tertiary/aromatic N) is 1. The molecule has 26 heavy (non-hydrogen) atoms. The van der Waals surface area contributed by atoms with Crippen LogP contribution in [0.15, 0.2) is 24.3 Å². The molecule has 1 saturated heterocycles. The number of carbonyl (C=O) groups excluding carboxylic acids is 1.